The van der Waals surface area contributed by atoms with Crippen molar-refractivity contribution >= 4 is 24.1 Å². The maximum Gasteiger partial charge on any atom is 0.508 e. The third-order valence-corrected chi connectivity index (χ3v) is 3.78. The molecular formula is C20H27NO9. The van der Waals surface area contributed by atoms with E-state index in [0.717, 1.165) is 0 Å². The molecule has 0 aliphatic carbocycles. The molecule has 0 spiro atoms. The first-order valence-corrected chi connectivity index (χ1v) is 9.32. The molecule has 0 radical (unpaired) electrons. The van der Waals surface area contributed by atoms with Crippen LogP contribution in [-0.4, -0.2) is 48.9 Å². The van der Waals surface area contributed by atoms with Crippen LogP contribution < -0.4 is 15.2 Å². The normalized spacial score (nSPS) is 13.4. The van der Waals surface area contributed by atoms with E-state index in [2.05, 4.69) is 4.74 Å². The van der Waals surface area contributed by atoms with Crippen molar-refractivity contribution in [1.29, 1.82) is 0 Å². The Morgan fingerprint density at radius 3 is 2.07 bits per heavy atom. The molecule has 166 valence electrons. The van der Waals surface area contributed by atoms with Crippen LogP contribution in [0.15, 0.2) is 18.2 Å². The van der Waals surface area contributed by atoms with Gasteiger partial charge in [-0.2, -0.15) is 0 Å². The van der Waals surface area contributed by atoms with Crippen molar-refractivity contribution in [2.45, 2.75) is 59.3 Å². The number of hydrogen-bond acceptors (Lipinski definition) is 10. The van der Waals surface area contributed by atoms with Gasteiger partial charge in [0.05, 0.1) is 6.61 Å². The molecule has 0 heterocycles. The lowest BCUT2D eigenvalue weighted by Crippen LogP contribution is -2.39. The zero-order valence-corrected chi connectivity index (χ0v) is 17.6. The van der Waals surface area contributed by atoms with Crippen molar-refractivity contribution in [2.24, 2.45) is 5.73 Å². The fourth-order valence-corrected chi connectivity index (χ4v) is 2.26. The van der Waals surface area contributed by atoms with Crippen LogP contribution in [0.3, 0.4) is 0 Å². The number of rotatable bonds is 9. The Labute approximate surface area is 174 Å². The highest BCUT2D eigenvalue weighted by molar-refractivity contribution is 5.76. The second-order valence-electron chi connectivity index (χ2n) is 6.43. The molecule has 0 unspecified atom stereocenters. The van der Waals surface area contributed by atoms with Gasteiger partial charge in [0.2, 0.25) is 0 Å². The molecular weight excluding hydrogens is 398 g/mol. The van der Waals surface area contributed by atoms with Gasteiger partial charge in [-0.25, -0.2) is 4.79 Å². The monoisotopic (exact) mass is 425 g/mol. The van der Waals surface area contributed by atoms with Gasteiger partial charge in [-0.05, 0) is 44.9 Å². The number of esters is 3. The minimum atomic E-state index is -1.04. The molecule has 3 atom stereocenters. The van der Waals surface area contributed by atoms with E-state index in [1.54, 1.807) is 26.8 Å². The van der Waals surface area contributed by atoms with Crippen LogP contribution in [0.2, 0.25) is 0 Å². The molecule has 0 bridgehead atoms. The Morgan fingerprint density at radius 2 is 1.50 bits per heavy atom. The van der Waals surface area contributed by atoms with Crippen molar-refractivity contribution in [3.8, 4) is 11.5 Å². The Balaban J connectivity index is 2.77. The maximum atomic E-state index is 12.3. The van der Waals surface area contributed by atoms with Crippen LogP contribution in [0.5, 0.6) is 11.5 Å². The first-order chi connectivity index (χ1) is 14.0. The van der Waals surface area contributed by atoms with Gasteiger partial charge in [-0.3, -0.25) is 14.4 Å². The number of carbonyl (C=O) groups excluding carboxylic acids is 4. The van der Waals surface area contributed by atoms with E-state index in [1.807, 2.05) is 0 Å². The van der Waals surface area contributed by atoms with Crippen LogP contribution in [0.1, 0.15) is 40.2 Å². The van der Waals surface area contributed by atoms with Gasteiger partial charge in [-0.1, -0.05) is 6.07 Å². The van der Waals surface area contributed by atoms with E-state index >= 15 is 0 Å². The molecule has 1 rings (SSSR count). The summed E-state index contributed by atoms with van der Waals surface area (Å²) < 4.78 is 24.9. The minimum absolute atomic E-state index is 0.0283. The predicted octanol–water partition coefficient (Wildman–Crippen LogP) is 1.90. The summed E-state index contributed by atoms with van der Waals surface area (Å²) >= 11 is 0. The van der Waals surface area contributed by atoms with Gasteiger partial charge >= 0.3 is 24.1 Å². The molecule has 1 aromatic rings. The molecule has 0 aliphatic rings. The van der Waals surface area contributed by atoms with E-state index in [9.17, 15) is 19.2 Å². The van der Waals surface area contributed by atoms with Crippen molar-refractivity contribution in [1.82, 2.24) is 0 Å². The summed E-state index contributed by atoms with van der Waals surface area (Å²) in [6, 6.07) is 3.43. The molecule has 10 nitrogen and oxygen atoms in total. The fraction of sp³-hybridized carbons (Fsp3) is 0.500. The van der Waals surface area contributed by atoms with Crippen molar-refractivity contribution in [3.05, 3.63) is 23.8 Å². The third kappa shape index (κ3) is 8.48. The molecule has 1 aromatic carbocycles. The average molecular weight is 425 g/mol. The summed E-state index contributed by atoms with van der Waals surface area (Å²) in [5.41, 5.74) is 6.47. The molecule has 0 saturated heterocycles. The highest BCUT2D eigenvalue weighted by Crippen LogP contribution is 2.29. The lowest BCUT2D eigenvalue weighted by molar-refractivity contribution is -0.155. The summed E-state index contributed by atoms with van der Waals surface area (Å²) in [7, 11) is 0. The summed E-state index contributed by atoms with van der Waals surface area (Å²) in [4.78, 5) is 46.1. The fourth-order valence-electron chi connectivity index (χ4n) is 2.26. The van der Waals surface area contributed by atoms with Crippen molar-refractivity contribution < 1.29 is 42.9 Å². The highest BCUT2D eigenvalue weighted by Gasteiger charge is 2.25. The lowest BCUT2D eigenvalue weighted by atomic mass is 10.1. The molecule has 0 aliphatic heterocycles. The van der Waals surface area contributed by atoms with Gasteiger partial charge < -0.3 is 29.4 Å². The Hall–Kier alpha value is -3.14. The largest absolute Gasteiger partial charge is 0.508 e. The summed E-state index contributed by atoms with van der Waals surface area (Å²) in [5.74, 6) is -1.80. The van der Waals surface area contributed by atoms with E-state index < -0.39 is 42.3 Å². The van der Waals surface area contributed by atoms with E-state index in [-0.39, 0.29) is 24.5 Å². The summed E-state index contributed by atoms with van der Waals surface area (Å²) in [6.45, 7) is 7.33. The van der Waals surface area contributed by atoms with Crippen molar-refractivity contribution in [2.75, 3.05) is 6.61 Å². The van der Waals surface area contributed by atoms with Crippen LogP contribution >= 0.6 is 0 Å². The Bertz CT molecular complexity index is 778. The molecule has 0 amide bonds. The zero-order valence-electron chi connectivity index (χ0n) is 17.6. The average Bonchev–Trinajstić information content (AvgIpc) is 2.62. The van der Waals surface area contributed by atoms with Gasteiger partial charge in [0.15, 0.2) is 11.5 Å². The molecule has 0 fully saturated rings. The SMILES string of the molecule is CCOC(=O)O[C@@H](C)[C@H](C)OC(=O)[C@@H](N)Cc1ccc(OC(C)=O)c(OC(C)=O)c1. The lowest BCUT2D eigenvalue weighted by Gasteiger charge is -2.22. The number of benzene rings is 1. The second-order valence-corrected chi connectivity index (χ2v) is 6.43. The number of nitrogens with two attached hydrogens (primary N) is 1. The van der Waals surface area contributed by atoms with Gasteiger partial charge in [0.25, 0.3) is 0 Å². The Morgan fingerprint density at radius 1 is 0.933 bits per heavy atom. The Kier molecular flexibility index (Phi) is 9.76. The van der Waals surface area contributed by atoms with E-state index in [0.29, 0.717) is 5.56 Å². The first-order valence-electron chi connectivity index (χ1n) is 9.32. The van der Waals surface area contributed by atoms with Crippen molar-refractivity contribution in [3.63, 3.8) is 0 Å². The van der Waals surface area contributed by atoms with Crippen LogP contribution in [0.4, 0.5) is 4.79 Å². The van der Waals surface area contributed by atoms with Gasteiger partial charge in [-0.15, -0.1) is 0 Å². The second kappa shape index (κ2) is 11.8. The molecule has 30 heavy (non-hydrogen) atoms. The van der Waals surface area contributed by atoms with E-state index in [1.165, 1.54) is 26.0 Å². The van der Waals surface area contributed by atoms with E-state index in [4.69, 9.17) is 24.7 Å². The highest BCUT2D eigenvalue weighted by atomic mass is 16.7. The topological polar surface area (TPSA) is 140 Å². The summed E-state index contributed by atoms with van der Waals surface area (Å²) in [6.07, 6.45) is -2.29. The maximum absolute atomic E-state index is 12.3. The number of ether oxygens (including phenoxy) is 5. The third-order valence-electron chi connectivity index (χ3n) is 3.78. The van der Waals surface area contributed by atoms with Gasteiger partial charge in [0, 0.05) is 13.8 Å². The standard InChI is InChI=1S/C20H27NO9/c1-6-26-20(25)28-12(3)11(2)27-19(24)16(21)9-15-7-8-17(29-13(4)22)18(10-15)30-14(5)23/h7-8,10-12,16H,6,9,21H2,1-5H3/t11-,12-,16-/m0/s1. The molecule has 10 heteroatoms. The number of carbonyl (C=O) groups is 4. The number of hydrogen-bond donors (Lipinski definition) is 1. The molecule has 2 N–H and O–H groups in total. The summed E-state index contributed by atoms with van der Waals surface area (Å²) in [5, 5.41) is 0. The van der Waals surface area contributed by atoms with Crippen LogP contribution in [0.25, 0.3) is 0 Å². The van der Waals surface area contributed by atoms with Gasteiger partial charge in [0.1, 0.15) is 18.2 Å². The first kappa shape index (κ1) is 24.9. The quantitative estimate of drug-likeness (QED) is 0.460. The predicted molar refractivity (Wildman–Crippen MR) is 104 cm³/mol. The molecule has 0 saturated carbocycles. The minimum Gasteiger partial charge on any atom is -0.458 e. The van der Waals surface area contributed by atoms with Crippen LogP contribution in [-0.2, 0) is 35.0 Å². The zero-order chi connectivity index (χ0) is 22.8. The molecule has 0 aromatic heterocycles. The smallest absolute Gasteiger partial charge is 0.458 e. The van der Waals surface area contributed by atoms with Crippen LogP contribution in [0, 0.1) is 0 Å².